The van der Waals surface area contributed by atoms with Gasteiger partial charge in [-0.05, 0) is 35.2 Å². The molecule has 20 heavy (non-hydrogen) atoms. The summed E-state index contributed by atoms with van der Waals surface area (Å²) < 4.78 is 5.40. The van der Waals surface area contributed by atoms with Gasteiger partial charge in [-0.2, -0.15) is 11.3 Å². The second kappa shape index (κ2) is 6.24. The molecule has 0 bridgehead atoms. The summed E-state index contributed by atoms with van der Waals surface area (Å²) >= 11 is 1.65. The molecular formula is C15H22N2O2S. The molecule has 0 unspecified atom stereocenters. The summed E-state index contributed by atoms with van der Waals surface area (Å²) in [7, 11) is 1.80. The summed E-state index contributed by atoms with van der Waals surface area (Å²) in [5.74, 6) is 0.270. The predicted octanol–water partition coefficient (Wildman–Crippen LogP) is 1.61. The van der Waals surface area contributed by atoms with E-state index in [0.717, 1.165) is 44.6 Å². The Balaban J connectivity index is 1.41. The molecule has 0 spiro atoms. The molecule has 0 saturated carbocycles. The van der Waals surface area contributed by atoms with Crippen molar-refractivity contribution in [1.82, 2.24) is 9.80 Å². The molecule has 2 aliphatic rings. The van der Waals surface area contributed by atoms with Crippen molar-refractivity contribution in [1.29, 1.82) is 0 Å². The zero-order valence-electron chi connectivity index (χ0n) is 12.0. The van der Waals surface area contributed by atoms with Crippen molar-refractivity contribution in [2.24, 2.45) is 0 Å². The first kappa shape index (κ1) is 14.0. The van der Waals surface area contributed by atoms with Gasteiger partial charge >= 0.3 is 0 Å². The van der Waals surface area contributed by atoms with Gasteiger partial charge in [0.15, 0.2) is 0 Å². The fourth-order valence-electron chi connectivity index (χ4n) is 3.05. The minimum absolute atomic E-state index is 0.270. The smallest absolute Gasteiger partial charge is 0.227 e. The third-order valence-corrected chi connectivity index (χ3v) is 5.21. The van der Waals surface area contributed by atoms with Gasteiger partial charge in [0.25, 0.3) is 0 Å². The van der Waals surface area contributed by atoms with Crippen LogP contribution >= 0.6 is 11.3 Å². The molecule has 1 aromatic rings. The molecule has 1 aromatic heterocycles. The normalized spacial score (nSPS) is 21.9. The van der Waals surface area contributed by atoms with E-state index in [0.29, 0.717) is 18.6 Å². The van der Waals surface area contributed by atoms with E-state index in [1.54, 1.807) is 18.4 Å². The van der Waals surface area contributed by atoms with Gasteiger partial charge in [0.2, 0.25) is 5.91 Å². The average molecular weight is 294 g/mol. The third-order valence-electron chi connectivity index (χ3n) is 4.48. The molecule has 0 atom stereocenters. The van der Waals surface area contributed by atoms with Crippen LogP contribution in [0.5, 0.6) is 0 Å². The SMILES string of the molecule is COC1CCN(C2CN(C(=O)Cc3ccsc3)C2)CC1. The number of carbonyl (C=O) groups excluding carboxylic acids is 1. The van der Waals surface area contributed by atoms with Crippen molar-refractivity contribution in [2.75, 3.05) is 33.3 Å². The molecule has 110 valence electrons. The molecule has 2 fully saturated rings. The maximum atomic E-state index is 12.1. The number of piperidine rings is 1. The number of amides is 1. The largest absolute Gasteiger partial charge is 0.381 e. The highest BCUT2D eigenvalue weighted by Crippen LogP contribution is 2.22. The predicted molar refractivity (Wildman–Crippen MR) is 80.0 cm³/mol. The van der Waals surface area contributed by atoms with Crippen LogP contribution in [0.1, 0.15) is 18.4 Å². The molecule has 3 heterocycles. The number of methoxy groups -OCH3 is 1. The zero-order valence-corrected chi connectivity index (χ0v) is 12.8. The number of carbonyl (C=O) groups is 1. The van der Waals surface area contributed by atoms with Gasteiger partial charge in [-0.1, -0.05) is 0 Å². The van der Waals surface area contributed by atoms with Crippen molar-refractivity contribution in [3.05, 3.63) is 22.4 Å². The van der Waals surface area contributed by atoms with Gasteiger partial charge in [0, 0.05) is 39.3 Å². The van der Waals surface area contributed by atoms with E-state index in [9.17, 15) is 4.79 Å². The van der Waals surface area contributed by atoms with E-state index in [1.807, 2.05) is 16.3 Å². The topological polar surface area (TPSA) is 32.8 Å². The summed E-state index contributed by atoms with van der Waals surface area (Å²) in [4.78, 5) is 16.6. The summed E-state index contributed by atoms with van der Waals surface area (Å²) in [6, 6.07) is 2.61. The standard InChI is InChI=1S/C15H22N2O2S/c1-19-14-2-5-16(6-3-14)13-9-17(10-13)15(18)8-12-4-7-20-11-12/h4,7,11,13-14H,2-3,5-6,8-10H2,1H3. The van der Waals surface area contributed by atoms with Crippen LogP contribution in [0.4, 0.5) is 0 Å². The summed E-state index contributed by atoms with van der Waals surface area (Å²) in [5, 5.41) is 4.09. The Bertz CT molecular complexity index is 435. The van der Waals surface area contributed by atoms with Gasteiger partial charge in [0.05, 0.1) is 12.5 Å². The van der Waals surface area contributed by atoms with Crippen LogP contribution in [-0.2, 0) is 16.0 Å². The summed E-state index contributed by atoms with van der Waals surface area (Å²) in [5.41, 5.74) is 1.14. The number of nitrogens with zero attached hydrogens (tertiary/aromatic N) is 2. The Labute approximate surface area is 124 Å². The Morgan fingerprint density at radius 2 is 2.15 bits per heavy atom. The highest BCUT2D eigenvalue weighted by Gasteiger charge is 2.36. The number of hydrogen-bond acceptors (Lipinski definition) is 4. The van der Waals surface area contributed by atoms with Gasteiger partial charge < -0.3 is 9.64 Å². The molecule has 0 aliphatic carbocycles. The van der Waals surface area contributed by atoms with Crippen LogP contribution in [0.3, 0.4) is 0 Å². The number of ether oxygens (including phenoxy) is 1. The quantitative estimate of drug-likeness (QED) is 0.846. The van der Waals surface area contributed by atoms with E-state index >= 15 is 0 Å². The van der Waals surface area contributed by atoms with E-state index < -0.39 is 0 Å². The van der Waals surface area contributed by atoms with Gasteiger partial charge in [-0.25, -0.2) is 0 Å². The highest BCUT2D eigenvalue weighted by atomic mass is 32.1. The highest BCUT2D eigenvalue weighted by molar-refractivity contribution is 7.07. The monoisotopic (exact) mass is 294 g/mol. The van der Waals surface area contributed by atoms with E-state index in [-0.39, 0.29) is 5.91 Å². The Hall–Kier alpha value is -0.910. The van der Waals surface area contributed by atoms with Crippen LogP contribution in [-0.4, -0.2) is 61.1 Å². The maximum Gasteiger partial charge on any atom is 0.227 e. The van der Waals surface area contributed by atoms with Crippen LogP contribution in [0, 0.1) is 0 Å². The molecular weight excluding hydrogens is 272 g/mol. The summed E-state index contributed by atoms with van der Waals surface area (Å²) in [6.07, 6.45) is 3.23. The molecule has 0 N–H and O–H groups in total. The Kier molecular flexibility index (Phi) is 4.38. The Morgan fingerprint density at radius 3 is 2.75 bits per heavy atom. The minimum atomic E-state index is 0.270. The van der Waals surface area contributed by atoms with Crippen LogP contribution in [0.25, 0.3) is 0 Å². The van der Waals surface area contributed by atoms with Crippen LogP contribution in [0.2, 0.25) is 0 Å². The van der Waals surface area contributed by atoms with Gasteiger partial charge in [-0.15, -0.1) is 0 Å². The van der Waals surface area contributed by atoms with Gasteiger partial charge in [-0.3, -0.25) is 9.69 Å². The van der Waals surface area contributed by atoms with Crippen molar-refractivity contribution in [3.63, 3.8) is 0 Å². The lowest BCUT2D eigenvalue weighted by molar-refractivity contribution is -0.138. The summed E-state index contributed by atoms with van der Waals surface area (Å²) in [6.45, 7) is 4.02. The van der Waals surface area contributed by atoms with Crippen molar-refractivity contribution in [2.45, 2.75) is 31.4 Å². The lowest BCUT2D eigenvalue weighted by atomic mass is 10.0. The van der Waals surface area contributed by atoms with Crippen LogP contribution < -0.4 is 0 Å². The minimum Gasteiger partial charge on any atom is -0.381 e. The van der Waals surface area contributed by atoms with E-state index in [4.69, 9.17) is 4.74 Å². The lowest BCUT2D eigenvalue weighted by Gasteiger charge is -2.47. The van der Waals surface area contributed by atoms with E-state index in [2.05, 4.69) is 10.3 Å². The number of thiophene rings is 1. The number of likely N-dealkylation sites (tertiary alicyclic amines) is 2. The average Bonchev–Trinajstić information content (AvgIpc) is 2.90. The molecule has 1 amide bonds. The molecule has 0 radical (unpaired) electrons. The Morgan fingerprint density at radius 1 is 1.40 bits per heavy atom. The fourth-order valence-corrected chi connectivity index (χ4v) is 3.71. The second-order valence-corrected chi connectivity index (χ2v) is 6.51. The molecule has 5 heteroatoms. The number of rotatable bonds is 4. The molecule has 2 aliphatic heterocycles. The molecule has 0 aromatic carbocycles. The van der Waals surface area contributed by atoms with Crippen molar-refractivity contribution < 1.29 is 9.53 Å². The van der Waals surface area contributed by atoms with Crippen molar-refractivity contribution >= 4 is 17.2 Å². The molecule has 3 rings (SSSR count). The van der Waals surface area contributed by atoms with Crippen LogP contribution in [0.15, 0.2) is 16.8 Å². The zero-order chi connectivity index (χ0) is 13.9. The lowest BCUT2D eigenvalue weighted by Crippen LogP contribution is -2.62. The first-order valence-electron chi connectivity index (χ1n) is 7.32. The molecule has 4 nitrogen and oxygen atoms in total. The maximum absolute atomic E-state index is 12.1. The second-order valence-electron chi connectivity index (χ2n) is 5.73. The first-order valence-corrected chi connectivity index (χ1v) is 8.26. The fraction of sp³-hybridized carbons (Fsp3) is 0.667. The van der Waals surface area contributed by atoms with E-state index in [1.165, 1.54) is 0 Å². The third kappa shape index (κ3) is 3.05. The molecule has 2 saturated heterocycles. The first-order chi connectivity index (χ1) is 9.76. The van der Waals surface area contributed by atoms with Crippen molar-refractivity contribution in [3.8, 4) is 0 Å². The van der Waals surface area contributed by atoms with Gasteiger partial charge in [0.1, 0.15) is 0 Å². The number of hydrogen-bond donors (Lipinski definition) is 0.